The molecule has 0 aliphatic carbocycles. The van der Waals surface area contributed by atoms with Gasteiger partial charge in [0.2, 0.25) is 0 Å². The van der Waals surface area contributed by atoms with Crippen molar-refractivity contribution in [2.24, 2.45) is 0 Å². The highest BCUT2D eigenvalue weighted by molar-refractivity contribution is 6.00. The van der Waals surface area contributed by atoms with Gasteiger partial charge in [-0.1, -0.05) is 0 Å². The van der Waals surface area contributed by atoms with Crippen molar-refractivity contribution in [1.82, 2.24) is 4.98 Å². The molecule has 0 bridgehead atoms. The molecule has 0 amide bonds. The summed E-state index contributed by atoms with van der Waals surface area (Å²) in [6, 6.07) is 1.34. The number of carbonyl (C=O) groups excluding carboxylic acids is 1. The Labute approximate surface area is 91.8 Å². The lowest BCUT2D eigenvalue weighted by atomic mass is 10.1. The van der Waals surface area contributed by atoms with Crippen LogP contribution >= 0.6 is 0 Å². The first kappa shape index (κ1) is 12.1. The lowest BCUT2D eigenvalue weighted by Gasteiger charge is -2.05. The topological polar surface area (TPSA) is 85.7 Å². The van der Waals surface area contributed by atoms with Crippen LogP contribution in [0.2, 0.25) is 0 Å². The van der Waals surface area contributed by atoms with E-state index in [4.69, 9.17) is 9.84 Å². The van der Waals surface area contributed by atoms with Crippen molar-refractivity contribution < 1.29 is 24.2 Å². The molecule has 1 aromatic heterocycles. The van der Waals surface area contributed by atoms with Crippen LogP contribution in [0.4, 0.5) is 0 Å². The van der Waals surface area contributed by atoms with E-state index in [0.29, 0.717) is 5.56 Å². The number of esters is 1. The van der Waals surface area contributed by atoms with E-state index in [9.17, 15) is 9.59 Å². The molecule has 0 aliphatic heterocycles. The second-order valence-electron chi connectivity index (χ2n) is 2.97. The molecular weight excluding hydrogens is 214 g/mol. The van der Waals surface area contributed by atoms with E-state index >= 15 is 0 Å². The van der Waals surface area contributed by atoms with Gasteiger partial charge in [0.05, 0.1) is 19.3 Å². The van der Waals surface area contributed by atoms with Crippen molar-refractivity contribution in [2.45, 2.75) is 6.61 Å². The Balaban J connectivity index is 3.19. The molecule has 86 valence electrons. The van der Waals surface area contributed by atoms with E-state index in [2.05, 4.69) is 9.72 Å². The zero-order chi connectivity index (χ0) is 12.1. The summed E-state index contributed by atoms with van der Waals surface area (Å²) >= 11 is 0. The quantitative estimate of drug-likeness (QED) is 0.759. The van der Waals surface area contributed by atoms with Crippen molar-refractivity contribution >= 4 is 11.9 Å². The van der Waals surface area contributed by atoms with Crippen LogP contribution in [0, 0.1) is 0 Å². The molecule has 0 radical (unpaired) electrons. The van der Waals surface area contributed by atoms with Gasteiger partial charge >= 0.3 is 11.9 Å². The predicted octanol–water partition coefficient (Wildman–Crippen LogP) is 0.713. The first-order valence-electron chi connectivity index (χ1n) is 4.39. The molecular formula is C10H11NO5. The van der Waals surface area contributed by atoms with Crippen LogP contribution in [0.15, 0.2) is 12.3 Å². The maximum Gasteiger partial charge on any atom is 0.357 e. The second kappa shape index (κ2) is 5.22. The number of nitrogens with zero attached hydrogens (tertiary/aromatic N) is 1. The number of aromatic nitrogens is 1. The minimum Gasteiger partial charge on any atom is -0.478 e. The summed E-state index contributed by atoms with van der Waals surface area (Å²) in [5.74, 6) is -2.01. The molecule has 0 aromatic carbocycles. The lowest BCUT2D eigenvalue weighted by Crippen LogP contribution is -2.13. The largest absolute Gasteiger partial charge is 0.478 e. The number of rotatable bonds is 4. The second-order valence-corrected chi connectivity index (χ2v) is 2.97. The Morgan fingerprint density at radius 3 is 2.62 bits per heavy atom. The van der Waals surface area contributed by atoms with E-state index in [-0.39, 0.29) is 17.9 Å². The summed E-state index contributed by atoms with van der Waals surface area (Å²) < 4.78 is 9.27. The third kappa shape index (κ3) is 2.54. The number of carboxylic acids is 1. The predicted molar refractivity (Wildman–Crippen MR) is 53.2 cm³/mol. The molecule has 1 rings (SSSR count). The van der Waals surface area contributed by atoms with Crippen LogP contribution in [-0.4, -0.2) is 36.2 Å². The van der Waals surface area contributed by atoms with Crippen molar-refractivity contribution in [3.8, 4) is 0 Å². The fraction of sp³-hybridized carbons (Fsp3) is 0.300. The third-order valence-corrected chi connectivity index (χ3v) is 1.86. The van der Waals surface area contributed by atoms with Crippen LogP contribution in [0.3, 0.4) is 0 Å². The van der Waals surface area contributed by atoms with Gasteiger partial charge in [-0.15, -0.1) is 0 Å². The molecule has 0 saturated carbocycles. The smallest absolute Gasteiger partial charge is 0.357 e. The van der Waals surface area contributed by atoms with Crippen LogP contribution < -0.4 is 0 Å². The van der Waals surface area contributed by atoms with Gasteiger partial charge in [-0.2, -0.15) is 0 Å². The molecule has 0 aliphatic rings. The minimum atomic E-state index is -1.23. The fourth-order valence-corrected chi connectivity index (χ4v) is 1.18. The van der Waals surface area contributed by atoms with Crippen LogP contribution in [0.5, 0.6) is 0 Å². The number of hydrogen-bond donors (Lipinski definition) is 1. The lowest BCUT2D eigenvalue weighted by molar-refractivity contribution is 0.0575. The Bertz CT molecular complexity index is 416. The molecule has 1 N–H and O–H groups in total. The number of pyridine rings is 1. The number of hydrogen-bond acceptors (Lipinski definition) is 5. The molecule has 1 aromatic rings. The van der Waals surface area contributed by atoms with E-state index in [0.717, 1.165) is 0 Å². The molecule has 6 nitrogen and oxygen atoms in total. The van der Waals surface area contributed by atoms with E-state index in [1.54, 1.807) is 0 Å². The van der Waals surface area contributed by atoms with Gasteiger partial charge in [0.15, 0.2) is 5.69 Å². The number of methoxy groups -OCH3 is 2. The highest BCUT2D eigenvalue weighted by Gasteiger charge is 2.19. The highest BCUT2D eigenvalue weighted by Crippen LogP contribution is 2.11. The maximum atomic E-state index is 11.2. The summed E-state index contributed by atoms with van der Waals surface area (Å²) in [7, 11) is 2.65. The van der Waals surface area contributed by atoms with Gasteiger partial charge in [-0.3, -0.25) is 0 Å². The Morgan fingerprint density at radius 2 is 2.12 bits per heavy atom. The molecule has 0 unspecified atom stereocenters. The Hall–Kier alpha value is -1.95. The molecule has 0 fully saturated rings. The first-order valence-corrected chi connectivity index (χ1v) is 4.39. The molecule has 0 atom stereocenters. The summed E-state index contributed by atoms with van der Waals surface area (Å²) in [4.78, 5) is 25.9. The van der Waals surface area contributed by atoms with Crippen LogP contribution in [0.25, 0.3) is 0 Å². The molecule has 6 heteroatoms. The van der Waals surface area contributed by atoms with Gasteiger partial charge < -0.3 is 14.6 Å². The normalized spacial score (nSPS) is 9.88. The first-order chi connectivity index (χ1) is 7.60. The summed E-state index contributed by atoms with van der Waals surface area (Å²) in [6.45, 7) is 0.231. The van der Waals surface area contributed by atoms with Crippen molar-refractivity contribution in [3.05, 3.63) is 29.1 Å². The average molecular weight is 225 g/mol. The van der Waals surface area contributed by atoms with Crippen LogP contribution in [-0.2, 0) is 16.1 Å². The van der Waals surface area contributed by atoms with Gasteiger partial charge in [0.1, 0.15) is 0 Å². The number of carboxylic acid groups (broad SMARTS) is 1. The minimum absolute atomic E-state index is 0.193. The van der Waals surface area contributed by atoms with Crippen molar-refractivity contribution in [3.63, 3.8) is 0 Å². The Morgan fingerprint density at radius 1 is 1.44 bits per heavy atom. The third-order valence-electron chi connectivity index (χ3n) is 1.86. The average Bonchev–Trinajstić information content (AvgIpc) is 2.28. The Kier molecular flexibility index (Phi) is 3.96. The summed E-state index contributed by atoms with van der Waals surface area (Å²) in [5.41, 5.74) is 0.170. The maximum absolute atomic E-state index is 11.2. The van der Waals surface area contributed by atoms with E-state index in [1.165, 1.54) is 26.5 Å². The van der Waals surface area contributed by atoms with Crippen molar-refractivity contribution in [1.29, 1.82) is 0 Å². The molecule has 1 heterocycles. The fourth-order valence-electron chi connectivity index (χ4n) is 1.18. The zero-order valence-electron chi connectivity index (χ0n) is 8.89. The van der Waals surface area contributed by atoms with E-state index in [1.807, 2.05) is 0 Å². The molecule has 16 heavy (non-hydrogen) atoms. The van der Waals surface area contributed by atoms with Gasteiger partial charge in [0.25, 0.3) is 0 Å². The van der Waals surface area contributed by atoms with Crippen LogP contribution in [0.1, 0.15) is 26.4 Å². The van der Waals surface area contributed by atoms with Gasteiger partial charge in [-0.05, 0) is 11.6 Å². The zero-order valence-corrected chi connectivity index (χ0v) is 8.89. The number of carbonyl (C=O) groups is 2. The molecule has 0 spiro atoms. The summed E-state index contributed by atoms with van der Waals surface area (Å²) in [6.07, 6.45) is 1.38. The van der Waals surface area contributed by atoms with E-state index < -0.39 is 11.9 Å². The van der Waals surface area contributed by atoms with Crippen molar-refractivity contribution in [2.75, 3.05) is 14.2 Å². The molecule has 0 saturated heterocycles. The summed E-state index contributed by atoms with van der Waals surface area (Å²) in [5, 5.41) is 8.91. The standard InChI is InChI=1S/C10H11NO5/c1-15-5-6-3-7(9(12)13)8(11-4-6)10(14)16-2/h3-4H,5H2,1-2H3,(H,12,13). The van der Waals surface area contributed by atoms with Gasteiger partial charge in [0, 0.05) is 13.3 Å². The highest BCUT2D eigenvalue weighted by atomic mass is 16.5. The monoisotopic (exact) mass is 225 g/mol. The number of aromatic carboxylic acids is 1. The van der Waals surface area contributed by atoms with Gasteiger partial charge in [-0.25, -0.2) is 14.6 Å². The number of ether oxygens (including phenoxy) is 2. The SMILES string of the molecule is COCc1cnc(C(=O)OC)c(C(=O)O)c1.